The Labute approximate surface area is 171 Å². The maximum Gasteiger partial charge on any atom is 0.162 e. The van der Waals surface area contributed by atoms with Crippen molar-refractivity contribution >= 4 is 38.2 Å². The van der Waals surface area contributed by atoms with Gasteiger partial charge in [0.25, 0.3) is 0 Å². The topological polar surface area (TPSA) is 147 Å². The minimum Gasteiger partial charge on any atom is -0.386 e. The molecule has 0 fully saturated rings. The predicted octanol–water partition coefficient (Wildman–Crippen LogP) is 1.99. The molecule has 0 radical (unpaired) electrons. The lowest BCUT2D eigenvalue weighted by Gasteiger charge is -2.24. The molecule has 3 aromatic heterocycles. The van der Waals surface area contributed by atoms with Crippen molar-refractivity contribution in [2.75, 3.05) is 11.1 Å². The molecule has 30 heavy (non-hydrogen) atoms. The van der Waals surface area contributed by atoms with Crippen LogP contribution in [0.5, 0.6) is 0 Å². The average molecular weight is 425 g/mol. The molecule has 11 heteroatoms. The Kier molecular flexibility index (Phi) is 4.79. The summed E-state index contributed by atoms with van der Waals surface area (Å²) in [4.78, 5) is 16.7. The van der Waals surface area contributed by atoms with E-state index in [1.165, 1.54) is 25.4 Å². The number of nitriles is 1. The van der Waals surface area contributed by atoms with E-state index in [-0.39, 0.29) is 23.0 Å². The van der Waals surface area contributed by atoms with Crippen LogP contribution in [0.1, 0.15) is 24.1 Å². The van der Waals surface area contributed by atoms with Crippen molar-refractivity contribution in [1.29, 1.82) is 5.26 Å². The van der Waals surface area contributed by atoms with Crippen molar-refractivity contribution in [3.8, 4) is 6.07 Å². The Morgan fingerprint density at radius 2 is 2.07 bits per heavy atom. The van der Waals surface area contributed by atoms with Gasteiger partial charge in [0.1, 0.15) is 34.3 Å². The first-order valence-corrected chi connectivity index (χ1v) is 10.6. The van der Waals surface area contributed by atoms with Crippen LogP contribution in [0.4, 0.5) is 16.0 Å². The first-order chi connectivity index (χ1) is 14.3. The van der Waals surface area contributed by atoms with Crippen LogP contribution in [-0.2, 0) is 9.84 Å². The lowest BCUT2D eigenvalue weighted by atomic mass is 10.1. The Morgan fingerprint density at radius 1 is 1.27 bits per heavy atom. The van der Waals surface area contributed by atoms with E-state index in [2.05, 4.69) is 25.3 Å². The SMILES string of the molecule is CC1C(N)=NC(c2cc(Nc3nccc4cc(C#N)cnc34)ncc2F)CS1(=O)=O. The molecule has 9 nitrogen and oxygen atoms in total. The number of hydrogen-bond donors (Lipinski definition) is 2. The second-order valence-electron chi connectivity index (χ2n) is 6.82. The number of nitrogens with zero attached hydrogens (tertiary/aromatic N) is 5. The minimum absolute atomic E-state index is 0.0508. The third-order valence-corrected chi connectivity index (χ3v) is 6.97. The van der Waals surface area contributed by atoms with Crippen LogP contribution in [0.15, 0.2) is 41.8 Å². The second kappa shape index (κ2) is 7.31. The Bertz CT molecular complexity index is 1330. The molecule has 1 aliphatic rings. The Hall–Kier alpha value is -3.65. The Morgan fingerprint density at radius 3 is 2.80 bits per heavy atom. The van der Waals surface area contributed by atoms with Crippen LogP contribution in [0.25, 0.3) is 10.9 Å². The molecule has 2 atom stereocenters. The summed E-state index contributed by atoms with van der Waals surface area (Å²) in [6.45, 7) is 1.46. The fourth-order valence-electron chi connectivity index (χ4n) is 3.14. The van der Waals surface area contributed by atoms with Crippen molar-refractivity contribution < 1.29 is 12.8 Å². The van der Waals surface area contributed by atoms with Gasteiger partial charge in [-0.25, -0.2) is 22.8 Å². The molecule has 0 amide bonds. The largest absolute Gasteiger partial charge is 0.386 e. The molecule has 3 N–H and O–H groups in total. The summed E-state index contributed by atoms with van der Waals surface area (Å²) < 4.78 is 39.1. The zero-order valence-corrected chi connectivity index (χ0v) is 16.6. The number of halogens is 1. The smallest absolute Gasteiger partial charge is 0.162 e. The molecule has 1 aliphatic heterocycles. The highest BCUT2D eigenvalue weighted by Crippen LogP contribution is 2.30. The summed E-state index contributed by atoms with van der Waals surface area (Å²) >= 11 is 0. The van der Waals surface area contributed by atoms with E-state index in [4.69, 9.17) is 11.0 Å². The van der Waals surface area contributed by atoms with Gasteiger partial charge in [0.2, 0.25) is 0 Å². The molecule has 0 spiro atoms. The first kappa shape index (κ1) is 19.7. The molecular formula is C19H16FN7O2S. The van der Waals surface area contributed by atoms with Crippen molar-refractivity contribution in [3.05, 3.63) is 53.7 Å². The van der Waals surface area contributed by atoms with Gasteiger partial charge in [-0.3, -0.25) is 9.98 Å². The summed E-state index contributed by atoms with van der Waals surface area (Å²) in [6, 6.07) is 5.82. The number of nitrogens with one attached hydrogen (secondary N) is 1. The average Bonchev–Trinajstić information content (AvgIpc) is 2.72. The monoisotopic (exact) mass is 425 g/mol. The first-order valence-electron chi connectivity index (χ1n) is 8.90. The molecule has 0 saturated carbocycles. The fraction of sp³-hybridized carbons (Fsp3) is 0.211. The number of anilines is 2. The molecule has 0 bridgehead atoms. The van der Waals surface area contributed by atoms with Crippen LogP contribution < -0.4 is 11.1 Å². The van der Waals surface area contributed by atoms with Crippen LogP contribution in [-0.4, -0.2) is 40.2 Å². The van der Waals surface area contributed by atoms with E-state index < -0.39 is 26.9 Å². The highest BCUT2D eigenvalue weighted by atomic mass is 32.2. The van der Waals surface area contributed by atoms with E-state index in [1.54, 1.807) is 12.1 Å². The van der Waals surface area contributed by atoms with Crippen LogP contribution in [0.2, 0.25) is 0 Å². The maximum atomic E-state index is 14.5. The lowest BCUT2D eigenvalue weighted by molar-refractivity contribution is 0.565. The molecule has 4 rings (SSSR count). The van der Waals surface area contributed by atoms with Gasteiger partial charge >= 0.3 is 0 Å². The molecule has 4 heterocycles. The molecule has 0 saturated heterocycles. The van der Waals surface area contributed by atoms with Gasteiger partial charge in [0.05, 0.1) is 23.6 Å². The quantitative estimate of drug-likeness (QED) is 0.647. The highest BCUT2D eigenvalue weighted by molar-refractivity contribution is 7.92. The third kappa shape index (κ3) is 3.53. The number of fused-ring (bicyclic) bond motifs is 1. The molecule has 2 unspecified atom stereocenters. The predicted molar refractivity (Wildman–Crippen MR) is 109 cm³/mol. The van der Waals surface area contributed by atoms with Crippen molar-refractivity contribution in [2.45, 2.75) is 18.2 Å². The molecular weight excluding hydrogens is 409 g/mol. The van der Waals surface area contributed by atoms with Gasteiger partial charge < -0.3 is 11.1 Å². The van der Waals surface area contributed by atoms with E-state index >= 15 is 0 Å². The molecule has 0 aliphatic carbocycles. The van der Waals surface area contributed by atoms with E-state index in [9.17, 15) is 12.8 Å². The van der Waals surface area contributed by atoms with Gasteiger partial charge in [-0.1, -0.05) is 0 Å². The summed E-state index contributed by atoms with van der Waals surface area (Å²) in [5.41, 5.74) is 6.72. The normalized spacial score (nSPS) is 20.4. The number of hydrogen-bond acceptors (Lipinski definition) is 9. The zero-order valence-electron chi connectivity index (χ0n) is 15.7. The standard InChI is InChI=1S/C19H16FN7O2S/c1-10-18(22)26-15(9-30(10,28)29)13-5-16(24-8-14(13)20)27-19-17-12(2-3-23-19)4-11(6-21)7-25-17/h2-5,7-8,10,15H,9H2,1H3,(H2,22,26)(H,23,24,27). The van der Waals surface area contributed by atoms with Gasteiger partial charge in [0.15, 0.2) is 15.7 Å². The minimum atomic E-state index is -3.54. The molecule has 0 aromatic carbocycles. The van der Waals surface area contributed by atoms with Crippen molar-refractivity contribution in [1.82, 2.24) is 15.0 Å². The van der Waals surface area contributed by atoms with Gasteiger partial charge in [-0.05, 0) is 25.1 Å². The van der Waals surface area contributed by atoms with Gasteiger partial charge in [-0.2, -0.15) is 5.26 Å². The molecule has 152 valence electrons. The summed E-state index contributed by atoms with van der Waals surface area (Å²) in [7, 11) is -3.54. The highest BCUT2D eigenvalue weighted by Gasteiger charge is 2.35. The van der Waals surface area contributed by atoms with Crippen LogP contribution >= 0.6 is 0 Å². The summed E-state index contributed by atoms with van der Waals surface area (Å²) in [6.07, 6.45) is 3.95. The van der Waals surface area contributed by atoms with Gasteiger partial charge in [0, 0.05) is 23.3 Å². The number of nitrogens with two attached hydrogens (primary N) is 1. The van der Waals surface area contributed by atoms with E-state index in [1.807, 2.05) is 6.07 Å². The number of aliphatic imine (C=N–C) groups is 1. The molecule has 3 aromatic rings. The van der Waals surface area contributed by atoms with E-state index in [0.29, 0.717) is 22.3 Å². The summed E-state index contributed by atoms with van der Waals surface area (Å²) in [5.74, 6) is -0.489. The lowest BCUT2D eigenvalue weighted by Crippen LogP contribution is -2.40. The zero-order chi connectivity index (χ0) is 21.5. The van der Waals surface area contributed by atoms with Crippen molar-refractivity contribution in [3.63, 3.8) is 0 Å². The maximum absolute atomic E-state index is 14.5. The number of pyridine rings is 3. The number of rotatable bonds is 3. The van der Waals surface area contributed by atoms with Crippen molar-refractivity contribution in [2.24, 2.45) is 10.7 Å². The Balaban J connectivity index is 1.72. The summed E-state index contributed by atoms with van der Waals surface area (Å²) in [5, 5.41) is 11.8. The number of sulfone groups is 1. The van der Waals surface area contributed by atoms with Crippen LogP contribution in [0.3, 0.4) is 0 Å². The third-order valence-electron chi connectivity index (χ3n) is 4.87. The fourth-order valence-corrected chi connectivity index (χ4v) is 4.55. The number of amidine groups is 1. The second-order valence-corrected chi connectivity index (χ2v) is 9.19. The van der Waals surface area contributed by atoms with Gasteiger partial charge in [-0.15, -0.1) is 0 Å². The van der Waals surface area contributed by atoms with E-state index in [0.717, 1.165) is 6.20 Å². The number of aromatic nitrogens is 3. The van der Waals surface area contributed by atoms with Crippen LogP contribution in [0, 0.1) is 17.1 Å².